The zero-order valence-electron chi connectivity index (χ0n) is 12.5. The van der Waals surface area contributed by atoms with Gasteiger partial charge in [-0.3, -0.25) is 4.79 Å². The van der Waals surface area contributed by atoms with E-state index in [9.17, 15) is 22.8 Å². The van der Waals surface area contributed by atoms with Gasteiger partial charge < -0.3 is 19.5 Å². The normalized spacial score (nSPS) is 10.8. The Morgan fingerprint density at radius 1 is 1.22 bits per heavy atom. The summed E-state index contributed by atoms with van der Waals surface area (Å²) in [6, 6.07) is 4.22. The molecule has 0 saturated carbocycles. The number of carbonyl (C=O) groups is 2. The Balaban J connectivity index is 2.61. The monoisotopic (exact) mass is 335 g/mol. The fourth-order valence-electron chi connectivity index (χ4n) is 1.54. The molecule has 9 heteroatoms. The lowest BCUT2D eigenvalue weighted by molar-refractivity contribution is -0.140. The quantitative estimate of drug-likeness (QED) is 0.771. The maximum absolute atomic E-state index is 11.9. The van der Waals surface area contributed by atoms with Gasteiger partial charge in [0.2, 0.25) is 0 Å². The van der Waals surface area contributed by atoms with Crippen molar-refractivity contribution < 1.29 is 37.0 Å². The van der Waals surface area contributed by atoms with Crippen molar-refractivity contribution in [1.29, 1.82) is 0 Å². The highest BCUT2D eigenvalue weighted by atomic mass is 19.4. The summed E-state index contributed by atoms with van der Waals surface area (Å²) in [5.74, 6) is -1.19. The largest absolute Gasteiger partial charge is 0.493 e. The summed E-state index contributed by atoms with van der Waals surface area (Å²) >= 11 is 0. The average molecular weight is 335 g/mol. The minimum Gasteiger partial charge on any atom is -0.493 e. The van der Waals surface area contributed by atoms with E-state index in [0.717, 1.165) is 0 Å². The fourth-order valence-corrected chi connectivity index (χ4v) is 1.54. The van der Waals surface area contributed by atoms with E-state index in [0.29, 0.717) is 18.1 Å². The van der Waals surface area contributed by atoms with Crippen LogP contribution in [0, 0.1) is 0 Å². The molecule has 23 heavy (non-hydrogen) atoms. The number of methoxy groups -OCH3 is 1. The number of rotatable bonds is 7. The highest BCUT2D eigenvalue weighted by Crippen LogP contribution is 2.28. The lowest BCUT2D eigenvalue weighted by Crippen LogP contribution is -2.36. The van der Waals surface area contributed by atoms with Crippen LogP contribution in [-0.4, -0.2) is 44.9 Å². The first-order chi connectivity index (χ1) is 10.8. The molecule has 1 aromatic rings. The van der Waals surface area contributed by atoms with Gasteiger partial charge in [-0.1, -0.05) is 0 Å². The van der Waals surface area contributed by atoms with Crippen molar-refractivity contribution in [1.82, 2.24) is 5.32 Å². The molecular weight excluding hydrogens is 319 g/mol. The van der Waals surface area contributed by atoms with E-state index in [-0.39, 0.29) is 5.56 Å². The Hall–Kier alpha value is -2.45. The molecule has 0 atom stereocenters. The van der Waals surface area contributed by atoms with Crippen molar-refractivity contribution in [2.45, 2.75) is 13.1 Å². The summed E-state index contributed by atoms with van der Waals surface area (Å²) in [6.07, 6.45) is -4.53. The SMILES string of the molecule is CCOc1cc(C(=O)OCC(=O)NCC(F)(F)F)ccc1OC. The predicted octanol–water partition coefficient (Wildman–Crippen LogP) is 1.93. The first kappa shape index (κ1) is 18.6. The molecule has 1 aromatic carbocycles. The summed E-state index contributed by atoms with van der Waals surface area (Å²) in [5.41, 5.74) is 0.0814. The number of halogens is 3. The third-order valence-electron chi connectivity index (χ3n) is 2.52. The standard InChI is InChI=1S/C14H16F3NO5/c1-3-22-11-6-9(4-5-10(11)21-2)13(20)23-7-12(19)18-8-14(15,16)17/h4-6H,3,7-8H2,1-2H3,(H,18,19). The zero-order chi connectivity index (χ0) is 17.5. The molecule has 0 bridgehead atoms. The van der Waals surface area contributed by atoms with E-state index in [2.05, 4.69) is 4.74 Å². The molecule has 0 aromatic heterocycles. The Morgan fingerprint density at radius 3 is 2.48 bits per heavy atom. The van der Waals surface area contributed by atoms with E-state index in [1.807, 2.05) is 0 Å². The summed E-state index contributed by atoms with van der Waals surface area (Å²) in [5, 5.41) is 1.59. The second-order valence-corrected chi connectivity index (χ2v) is 4.27. The molecule has 0 aliphatic carbocycles. The molecule has 0 saturated heterocycles. The third-order valence-corrected chi connectivity index (χ3v) is 2.52. The van der Waals surface area contributed by atoms with Gasteiger partial charge in [0.15, 0.2) is 18.1 Å². The summed E-state index contributed by atoms with van der Waals surface area (Å²) < 4.78 is 50.7. The van der Waals surface area contributed by atoms with Gasteiger partial charge in [0, 0.05) is 0 Å². The van der Waals surface area contributed by atoms with Gasteiger partial charge in [-0.25, -0.2) is 4.79 Å². The summed E-state index contributed by atoms with van der Waals surface area (Å²) in [4.78, 5) is 22.9. The van der Waals surface area contributed by atoms with Crippen molar-refractivity contribution >= 4 is 11.9 Å². The summed E-state index contributed by atoms with van der Waals surface area (Å²) in [6.45, 7) is -0.213. The van der Waals surface area contributed by atoms with Gasteiger partial charge in [0.1, 0.15) is 6.54 Å². The lowest BCUT2D eigenvalue weighted by atomic mass is 10.2. The second-order valence-electron chi connectivity index (χ2n) is 4.27. The summed E-state index contributed by atoms with van der Waals surface area (Å²) in [7, 11) is 1.43. The number of esters is 1. The number of benzene rings is 1. The number of hydrogen-bond donors (Lipinski definition) is 1. The molecule has 0 fully saturated rings. The van der Waals surface area contributed by atoms with Gasteiger partial charge >= 0.3 is 12.1 Å². The molecule has 0 unspecified atom stereocenters. The van der Waals surface area contributed by atoms with Gasteiger partial charge in [0.05, 0.1) is 19.3 Å². The predicted molar refractivity (Wildman–Crippen MR) is 73.5 cm³/mol. The van der Waals surface area contributed by atoms with Gasteiger partial charge in [-0.2, -0.15) is 13.2 Å². The number of nitrogens with one attached hydrogen (secondary N) is 1. The molecule has 1 N–H and O–H groups in total. The molecule has 1 amide bonds. The smallest absolute Gasteiger partial charge is 0.405 e. The minimum absolute atomic E-state index is 0.0814. The zero-order valence-corrected chi connectivity index (χ0v) is 12.5. The van der Waals surface area contributed by atoms with Crippen molar-refractivity contribution in [2.75, 3.05) is 26.9 Å². The first-order valence-corrected chi connectivity index (χ1v) is 6.58. The number of ether oxygens (including phenoxy) is 3. The molecule has 6 nitrogen and oxygen atoms in total. The van der Waals surface area contributed by atoms with Crippen LogP contribution in [0.3, 0.4) is 0 Å². The Labute approximate surface area is 130 Å². The molecule has 0 aliphatic rings. The van der Waals surface area contributed by atoms with Gasteiger partial charge in [0.25, 0.3) is 5.91 Å². The first-order valence-electron chi connectivity index (χ1n) is 6.58. The van der Waals surface area contributed by atoms with Crippen molar-refractivity contribution in [3.63, 3.8) is 0 Å². The molecular formula is C14H16F3NO5. The Bertz CT molecular complexity index is 560. The molecule has 0 radical (unpaired) electrons. The number of amides is 1. The van der Waals surface area contributed by atoms with E-state index in [1.54, 1.807) is 12.2 Å². The third kappa shape index (κ3) is 6.45. The molecule has 0 aliphatic heterocycles. The highest BCUT2D eigenvalue weighted by Gasteiger charge is 2.27. The fraction of sp³-hybridized carbons (Fsp3) is 0.429. The molecule has 1 rings (SSSR count). The Morgan fingerprint density at radius 2 is 1.91 bits per heavy atom. The second kappa shape index (κ2) is 8.25. The number of carbonyl (C=O) groups excluding carboxylic acids is 2. The molecule has 0 heterocycles. The molecule has 128 valence electrons. The molecule has 0 spiro atoms. The van der Waals surface area contributed by atoms with Crippen LogP contribution in [0.2, 0.25) is 0 Å². The van der Waals surface area contributed by atoms with Gasteiger partial charge in [-0.05, 0) is 25.1 Å². The average Bonchev–Trinajstić information content (AvgIpc) is 2.50. The van der Waals surface area contributed by atoms with Crippen LogP contribution in [-0.2, 0) is 9.53 Å². The van der Waals surface area contributed by atoms with Crippen LogP contribution < -0.4 is 14.8 Å². The maximum Gasteiger partial charge on any atom is 0.405 e. The highest BCUT2D eigenvalue weighted by molar-refractivity contribution is 5.92. The van der Waals surface area contributed by atoms with E-state index >= 15 is 0 Å². The Kier molecular flexibility index (Phi) is 6.67. The van der Waals surface area contributed by atoms with E-state index in [1.165, 1.54) is 25.3 Å². The van der Waals surface area contributed by atoms with Crippen LogP contribution in [0.25, 0.3) is 0 Å². The minimum atomic E-state index is -4.53. The van der Waals surface area contributed by atoms with E-state index in [4.69, 9.17) is 9.47 Å². The number of hydrogen-bond acceptors (Lipinski definition) is 5. The van der Waals surface area contributed by atoms with Crippen LogP contribution in [0.1, 0.15) is 17.3 Å². The van der Waals surface area contributed by atoms with Crippen LogP contribution in [0.5, 0.6) is 11.5 Å². The van der Waals surface area contributed by atoms with E-state index < -0.39 is 31.2 Å². The topological polar surface area (TPSA) is 73.9 Å². The van der Waals surface area contributed by atoms with Crippen molar-refractivity contribution in [3.05, 3.63) is 23.8 Å². The van der Waals surface area contributed by atoms with Crippen LogP contribution in [0.15, 0.2) is 18.2 Å². The van der Waals surface area contributed by atoms with Crippen LogP contribution in [0.4, 0.5) is 13.2 Å². The lowest BCUT2D eigenvalue weighted by Gasteiger charge is -2.11. The maximum atomic E-state index is 11.9. The van der Waals surface area contributed by atoms with Crippen LogP contribution >= 0.6 is 0 Å². The number of alkyl halides is 3. The van der Waals surface area contributed by atoms with Crippen molar-refractivity contribution in [3.8, 4) is 11.5 Å². The van der Waals surface area contributed by atoms with Crippen molar-refractivity contribution in [2.24, 2.45) is 0 Å². The van der Waals surface area contributed by atoms with Gasteiger partial charge in [-0.15, -0.1) is 0 Å².